The van der Waals surface area contributed by atoms with Gasteiger partial charge in [-0.15, -0.1) is 6.58 Å². The van der Waals surface area contributed by atoms with Gasteiger partial charge in [-0.2, -0.15) is 0 Å². The number of fused-ring (bicyclic) bond motifs is 1. The van der Waals surface area contributed by atoms with Crippen molar-refractivity contribution in [3.05, 3.63) is 42.5 Å². The third kappa shape index (κ3) is 4.66. The van der Waals surface area contributed by atoms with E-state index in [0.29, 0.717) is 0 Å². The van der Waals surface area contributed by atoms with E-state index in [9.17, 15) is 0 Å². The summed E-state index contributed by atoms with van der Waals surface area (Å²) >= 11 is 0. The molecule has 3 aliphatic carbocycles. The summed E-state index contributed by atoms with van der Waals surface area (Å²) in [5.74, 6) is 6.85. The molecule has 1 aromatic carbocycles. The highest BCUT2D eigenvalue weighted by Crippen LogP contribution is 2.51. The first-order chi connectivity index (χ1) is 13.8. The molecule has 0 amide bonds. The molecular weight excluding hydrogens is 340 g/mol. The van der Waals surface area contributed by atoms with Crippen molar-refractivity contribution in [1.29, 1.82) is 0 Å². The van der Waals surface area contributed by atoms with Crippen LogP contribution in [-0.4, -0.2) is 7.11 Å². The van der Waals surface area contributed by atoms with E-state index < -0.39 is 0 Å². The molecule has 3 fully saturated rings. The lowest BCUT2D eigenvalue weighted by Crippen LogP contribution is -2.34. The van der Waals surface area contributed by atoms with Gasteiger partial charge in [-0.25, -0.2) is 0 Å². The Kier molecular flexibility index (Phi) is 6.81. The van der Waals surface area contributed by atoms with Crippen molar-refractivity contribution in [2.24, 2.45) is 29.6 Å². The van der Waals surface area contributed by atoms with Crippen molar-refractivity contribution >= 4 is 0 Å². The Morgan fingerprint density at radius 2 is 1.43 bits per heavy atom. The van der Waals surface area contributed by atoms with Crippen LogP contribution in [0.1, 0.15) is 88.5 Å². The minimum absolute atomic E-state index is 0.781. The number of allylic oxidation sites excluding steroid dienone is 1. The molecule has 28 heavy (non-hydrogen) atoms. The SMILES string of the molecule is C=CCCC1CCC(C2CCC3CC(c4ccc(OC)cc4)CCC3C2)CC1. The Hall–Kier alpha value is -1.24. The molecule has 154 valence electrons. The predicted octanol–water partition coefficient (Wildman–Crippen LogP) is 7.77. The van der Waals surface area contributed by atoms with Gasteiger partial charge in [0.05, 0.1) is 7.11 Å². The third-order valence-electron chi connectivity index (χ3n) is 8.58. The first kappa shape index (κ1) is 20.0. The van der Waals surface area contributed by atoms with E-state index in [2.05, 4.69) is 36.9 Å². The zero-order valence-corrected chi connectivity index (χ0v) is 18.0. The van der Waals surface area contributed by atoms with Crippen molar-refractivity contribution in [2.75, 3.05) is 7.11 Å². The van der Waals surface area contributed by atoms with Gasteiger partial charge in [0.15, 0.2) is 0 Å². The zero-order chi connectivity index (χ0) is 19.3. The van der Waals surface area contributed by atoms with E-state index in [1.165, 1.54) is 70.6 Å². The van der Waals surface area contributed by atoms with E-state index in [0.717, 1.165) is 41.3 Å². The molecule has 3 aliphatic rings. The van der Waals surface area contributed by atoms with Crippen molar-refractivity contribution in [3.8, 4) is 5.75 Å². The maximum absolute atomic E-state index is 5.33. The lowest BCUT2D eigenvalue weighted by molar-refractivity contribution is 0.0713. The van der Waals surface area contributed by atoms with Crippen LogP contribution in [-0.2, 0) is 0 Å². The minimum atomic E-state index is 0.781. The molecule has 0 bridgehead atoms. The summed E-state index contributed by atoms with van der Waals surface area (Å²) in [5, 5.41) is 0. The molecule has 1 heteroatoms. The number of methoxy groups -OCH3 is 1. The van der Waals surface area contributed by atoms with Crippen molar-refractivity contribution < 1.29 is 4.74 Å². The van der Waals surface area contributed by atoms with Gasteiger partial charge in [-0.1, -0.05) is 31.1 Å². The molecule has 4 rings (SSSR count). The van der Waals surface area contributed by atoms with Crippen LogP contribution >= 0.6 is 0 Å². The second-order valence-corrected chi connectivity index (χ2v) is 10.0. The third-order valence-corrected chi connectivity index (χ3v) is 8.58. The summed E-state index contributed by atoms with van der Waals surface area (Å²) in [6, 6.07) is 8.90. The molecule has 1 nitrogen and oxygen atoms in total. The number of benzene rings is 1. The van der Waals surface area contributed by atoms with Gasteiger partial charge in [0, 0.05) is 0 Å². The second-order valence-electron chi connectivity index (χ2n) is 10.0. The number of hydrogen-bond acceptors (Lipinski definition) is 1. The quantitative estimate of drug-likeness (QED) is 0.458. The molecule has 0 aromatic heterocycles. The molecule has 4 unspecified atom stereocenters. The fraction of sp³-hybridized carbons (Fsp3) is 0.704. The lowest BCUT2D eigenvalue weighted by atomic mass is 9.60. The van der Waals surface area contributed by atoms with Gasteiger partial charge < -0.3 is 4.74 Å². The van der Waals surface area contributed by atoms with E-state index in [-0.39, 0.29) is 0 Å². The summed E-state index contributed by atoms with van der Waals surface area (Å²) < 4.78 is 5.33. The van der Waals surface area contributed by atoms with E-state index in [1.54, 1.807) is 19.1 Å². The standard InChI is InChI=1S/C27H40O/c1-3-4-5-20-6-8-21(9-7-20)23-10-12-26-19-24(11-13-25(26)18-23)22-14-16-27(28-2)17-15-22/h3,14-17,20-21,23-26H,1,4-13,18-19H2,2H3. The van der Waals surface area contributed by atoms with Crippen molar-refractivity contribution in [1.82, 2.24) is 0 Å². The van der Waals surface area contributed by atoms with Crippen LogP contribution in [0.2, 0.25) is 0 Å². The number of ether oxygens (including phenoxy) is 1. The molecule has 0 saturated heterocycles. The second kappa shape index (κ2) is 9.51. The molecule has 4 atom stereocenters. The largest absolute Gasteiger partial charge is 0.497 e. The molecule has 1 aromatic rings. The normalized spacial score (nSPS) is 35.8. The summed E-state index contributed by atoms with van der Waals surface area (Å²) in [5.41, 5.74) is 1.54. The van der Waals surface area contributed by atoms with Gasteiger partial charge in [-0.05, 0) is 117 Å². The van der Waals surface area contributed by atoms with Gasteiger partial charge in [0.25, 0.3) is 0 Å². The van der Waals surface area contributed by atoms with E-state index in [4.69, 9.17) is 4.74 Å². The maximum Gasteiger partial charge on any atom is 0.118 e. The Morgan fingerprint density at radius 1 is 0.821 bits per heavy atom. The molecule has 0 N–H and O–H groups in total. The maximum atomic E-state index is 5.33. The average molecular weight is 381 g/mol. The highest BCUT2D eigenvalue weighted by Gasteiger charge is 2.38. The Bertz CT molecular complexity index is 610. The number of hydrogen-bond donors (Lipinski definition) is 0. The first-order valence-electron chi connectivity index (χ1n) is 12.0. The van der Waals surface area contributed by atoms with E-state index >= 15 is 0 Å². The van der Waals surface area contributed by atoms with Crippen LogP contribution in [0.25, 0.3) is 0 Å². The summed E-state index contributed by atoms with van der Waals surface area (Å²) in [6.45, 7) is 3.90. The van der Waals surface area contributed by atoms with Crippen molar-refractivity contribution in [2.45, 2.75) is 83.0 Å². The van der Waals surface area contributed by atoms with Crippen molar-refractivity contribution in [3.63, 3.8) is 0 Å². The molecule has 0 spiro atoms. The van der Waals surface area contributed by atoms with Crippen LogP contribution in [0.4, 0.5) is 0 Å². The molecule has 3 saturated carbocycles. The molecule has 0 heterocycles. The zero-order valence-electron chi connectivity index (χ0n) is 18.0. The van der Waals surface area contributed by atoms with E-state index in [1.807, 2.05) is 0 Å². The minimum Gasteiger partial charge on any atom is -0.497 e. The van der Waals surface area contributed by atoms with Crippen LogP contribution in [0, 0.1) is 29.6 Å². The molecular formula is C27H40O. The summed E-state index contributed by atoms with van der Waals surface area (Å²) in [4.78, 5) is 0. The van der Waals surface area contributed by atoms with Gasteiger partial charge in [0.2, 0.25) is 0 Å². The Balaban J connectivity index is 1.26. The fourth-order valence-corrected chi connectivity index (χ4v) is 6.83. The Morgan fingerprint density at radius 3 is 2.11 bits per heavy atom. The lowest BCUT2D eigenvalue weighted by Gasteiger charge is -2.45. The first-order valence-corrected chi connectivity index (χ1v) is 12.0. The average Bonchev–Trinajstić information content (AvgIpc) is 2.77. The van der Waals surface area contributed by atoms with Crippen LogP contribution in [0.5, 0.6) is 5.75 Å². The topological polar surface area (TPSA) is 9.23 Å². The Labute approximate surface area is 173 Å². The fourth-order valence-electron chi connectivity index (χ4n) is 6.83. The highest BCUT2D eigenvalue weighted by atomic mass is 16.5. The van der Waals surface area contributed by atoms with Gasteiger partial charge in [0.1, 0.15) is 5.75 Å². The van der Waals surface area contributed by atoms with Crippen LogP contribution < -0.4 is 4.74 Å². The van der Waals surface area contributed by atoms with Gasteiger partial charge >= 0.3 is 0 Å². The summed E-state index contributed by atoms with van der Waals surface area (Å²) in [6.07, 6.45) is 19.6. The molecule has 0 radical (unpaired) electrons. The van der Waals surface area contributed by atoms with Crippen LogP contribution in [0.3, 0.4) is 0 Å². The highest BCUT2D eigenvalue weighted by molar-refractivity contribution is 5.29. The summed E-state index contributed by atoms with van der Waals surface area (Å²) in [7, 11) is 1.76. The predicted molar refractivity (Wildman–Crippen MR) is 119 cm³/mol. The van der Waals surface area contributed by atoms with Crippen LogP contribution in [0.15, 0.2) is 36.9 Å². The molecule has 0 aliphatic heterocycles. The van der Waals surface area contributed by atoms with Gasteiger partial charge in [-0.3, -0.25) is 0 Å². The smallest absolute Gasteiger partial charge is 0.118 e. The monoisotopic (exact) mass is 380 g/mol. The number of rotatable bonds is 6.